The highest BCUT2D eigenvalue weighted by Gasteiger charge is 2.38. The van der Waals surface area contributed by atoms with Gasteiger partial charge in [0, 0.05) is 18.7 Å². The van der Waals surface area contributed by atoms with Gasteiger partial charge in [-0.3, -0.25) is 14.5 Å². The van der Waals surface area contributed by atoms with Crippen LogP contribution in [0.1, 0.15) is 36.2 Å². The van der Waals surface area contributed by atoms with E-state index < -0.39 is 5.25 Å². The Balaban J connectivity index is 1.69. The molecule has 162 valence electrons. The highest BCUT2D eigenvalue weighted by Crippen LogP contribution is 2.31. The molecular weight excluding hydrogens is 414 g/mol. The monoisotopic (exact) mass is 439 g/mol. The number of aryl methyl sites for hydroxylation is 1. The number of anilines is 1. The van der Waals surface area contributed by atoms with Gasteiger partial charge in [0.1, 0.15) is 5.25 Å². The van der Waals surface area contributed by atoms with Gasteiger partial charge in [-0.15, -0.1) is 0 Å². The van der Waals surface area contributed by atoms with Crippen molar-refractivity contribution in [1.82, 2.24) is 4.90 Å². The zero-order chi connectivity index (χ0) is 22.4. The molecular formula is C23H25N3O4S. The second-order valence-electron chi connectivity index (χ2n) is 6.97. The molecule has 7 nitrogen and oxygen atoms in total. The highest BCUT2D eigenvalue weighted by molar-refractivity contribution is 8.15. The van der Waals surface area contributed by atoms with Crippen molar-refractivity contribution in [3.8, 4) is 0 Å². The number of amidine groups is 1. The molecule has 2 aromatic carbocycles. The predicted molar refractivity (Wildman–Crippen MR) is 123 cm³/mol. The molecule has 0 bridgehead atoms. The molecule has 0 unspecified atom stereocenters. The second kappa shape index (κ2) is 10.3. The summed E-state index contributed by atoms with van der Waals surface area (Å²) < 4.78 is 4.98. The van der Waals surface area contributed by atoms with Gasteiger partial charge < -0.3 is 10.1 Å². The van der Waals surface area contributed by atoms with E-state index in [2.05, 4.69) is 10.3 Å². The summed E-state index contributed by atoms with van der Waals surface area (Å²) in [5.41, 5.74) is 2.82. The lowest BCUT2D eigenvalue weighted by atomic mass is 10.2. The molecule has 1 N–H and O–H groups in total. The van der Waals surface area contributed by atoms with E-state index in [1.807, 2.05) is 38.1 Å². The van der Waals surface area contributed by atoms with Crippen LogP contribution in [0, 0.1) is 6.92 Å². The SMILES string of the molecule is CCOC(=O)c1ccc(N=C2S[C@H](CC(=O)Nc3cccc(C)c3)C(=O)N2CC)cc1. The van der Waals surface area contributed by atoms with Crippen LogP contribution in [-0.4, -0.2) is 46.3 Å². The summed E-state index contributed by atoms with van der Waals surface area (Å²) in [4.78, 5) is 43.2. The third-order valence-corrected chi connectivity index (χ3v) is 5.79. The van der Waals surface area contributed by atoms with Crippen molar-refractivity contribution in [1.29, 1.82) is 0 Å². The van der Waals surface area contributed by atoms with Crippen molar-refractivity contribution in [2.75, 3.05) is 18.5 Å². The lowest BCUT2D eigenvalue weighted by Crippen LogP contribution is -2.33. The predicted octanol–water partition coefficient (Wildman–Crippen LogP) is 4.15. The molecule has 0 spiro atoms. The maximum absolute atomic E-state index is 12.8. The largest absolute Gasteiger partial charge is 0.462 e. The van der Waals surface area contributed by atoms with Gasteiger partial charge in [-0.25, -0.2) is 9.79 Å². The van der Waals surface area contributed by atoms with Gasteiger partial charge in [0.15, 0.2) is 5.17 Å². The van der Waals surface area contributed by atoms with Crippen LogP contribution in [0.15, 0.2) is 53.5 Å². The Bertz CT molecular complexity index is 1000. The van der Waals surface area contributed by atoms with Crippen LogP contribution in [0.4, 0.5) is 11.4 Å². The molecule has 1 heterocycles. The number of nitrogens with one attached hydrogen (secondary N) is 1. The summed E-state index contributed by atoms with van der Waals surface area (Å²) in [5, 5.41) is 2.87. The van der Waals surface area contributed by atoms with E-state index in [1.54, 1.807) is 36.1 Å². The number of nitrogens with zero attached hydrogens (tertiary/aromatic N) is 2. The number of esters is 1. The molecule has 2 amide bonds. The smallest absolute Gasteiger partial charge is 0.338 e. The van der Waals surface area contributed by atoms with E-state index in [4.69, 9.17) is 4.74 Å². The highest BCUT2D eigenvalue weighted by atomic mass is 32.2. The zero-order valence-electron chi connectivity index (χ0n) is 17.8. The van der Waals surface area contributed by atoms with Crippen LogP contribution in [0.25, 0.3) is 0 Å². The Morgan fingerprint density at radius 3 is 2.55 bits per heavy atom. The molecule has 0 aliphatic carbocycles. The molecule has 1 fully saturated rings. The first-order chi connectivity index (χ1) is 14.9. The van der Waals surface area contributed by atoms with Crippen molar-refractivity contribution >= 4 is 46.1 Å². The Kier molecular flexibility index (Phi) is 7.46. The average molecular weight is 440 g/mol. The summed E-state index contributed by atoms with van der Waals surface area (Å²) in [6.07, 6.45) is 0.0642. The number of rotatable bonds is 7. The number of hydrogen-bond donors (Lipinski definition) is 1. The first-order valence-corrected chi connectivity index (χ1v) is 11.0. The molecule has 1 aliphatic rings. The van der Waals surface area contributed by atoms with Crippen LogP contribution in [0.2, 0.25) is 0 Å². The van der Waals surface area contributed by atoms with Gasteiger partial charge in [0.2, 0.25) is 11.8 Å². The summed E-state index contributed by atoms with van der Waals surface area (Å²) >= 11 is 1.28. The molecule has 0 saturated carbocycles. The number of thioether (sulfide) groups is 1. The fourth-order valence-electron chi connectivity index (χ4n) is 3.12. The van der Waals surface area contributed by atoms with Crippen LogP contribution in [0.3, 0.4) is 0 Å². The summed E-state index contributed by atoms with van der Waals surface area (Å²) in [7, 11) is 0. The summed E-state index contributed by atoms with van der Waals surface area (Å²) in [6, 6.07) is 14.2. The first kappa shape index (κ1) is 22.6. The first-order valence-electron chi connectivity index (χ1n) is 10.1. The summed E-state index contributed by atoms with van der Waals surface area (Å²) in [5.74, 6) is -0.733. The van der Waals surface area contributed by atoms with Crippen molar-refractivity contribution in [3.63, 3.8) is 0 Å². The minimum atomic E-state index is -0.526. The van der Waals surface area contributed by atoms with Gasteiger partial charge in [0.05, 0.1) is 17.9 Å². The van der Waals surface area contributed by atoms with Crippen LogP contribution in [-0.2, 0) is 14.3 Å². The molecule has 1 atom stereocenters. The van der Waals surface area contributed by atoms with Gasteiger partial charge >= 0.3 is 5.97 Å². The molecule has 0 aromatic heterocycles. The summed E-state index contributed by atoms with van der Waals surface area (Å²) in [6.45, 7) is 6.34. The average Bonchev–Trinajstić information content (AvgIpc) is 3.02. The van der Waals surface area contributed by atoms with Crippen LogP contribution >= 0.6 is 11.8 Å². The third-order valence-electron chi connectivity index (χ3n) is 4.61. The zero-order valence-corrected chi connectivity index (χ0v) is 18.6. The van der Waals surface area contributed by atoms with Crippen molar-refractivity contribution < 1.29 is 19.1 Å². The fourth-order valence-corrected chi connectivity index (χ4v) is 4.34. The van der Waals surface area contributed by atoms with Crippen molar-refractivity contribution in [3.05, 3.63) is 59.7 Å². The van der Waals surface area contributed by atoms with Crippen molar-refractivity contribution in [2.45, 2.75) is 32.4 Å². The molecule has 1 aliphatic heterocycles. The van der Waals surface area contributed by atoms with E-state index in [0.717, 1.165) is 5.56 Å². The van der Waals surface area contributed by atoms with E-state index >= 15 is 0 Å². The molecule has 3 rings (SSSR count). The molecule has 31 heavy (non-hydrogen) atoms. The minimum Gasteiger partial charge on any atom is -0.462 e. The maximum Gasteiger partial charge on any atom is 0.338 e. The Hall–Kier alpha value is -3.13. The Morgan fingerprint density at radius 1 is 1.16 bits per heavy atom. The number of hydrogen-bond acceptors (Lipinski definition) is 6. The van der Waals surface area contributed by atoms with E-state index in [0.29, 0.717) is 35.3 Å². The van der Waals surface area contributed by atoms with Gasteiger partial charge in [0.25, 0.3) is 0 Å². The topological polar surface area (TPSA) is 88.1 Å². The lowest BCUT2D eigenvalue weighted by molar-refractivity contribution is -0.128. The molecule has 0 radical (unpaired) electrons. The quantitative estimate of drug-likeness (QED) is 0.655. The van der Waals surface area contributed by atoms with Crippen LogP contribution < -0.4 is 5.32 Å². The van der Waals surface area contributed by atoms with Crippen molar-refractivity contribution in [2.24, 2.45) is 4.99 Å². The number of amides is 2. The normalized spacial score (nSPS) is 17.1. The fraction of sp³-hybridized carbons (Fsp3) is 0.304. The number of aliphatic imine (C=N–C) groups is 1. The number of carbonyl (C=O) groups excluding carboxylic acids is 3. The minimum absolute atomic E-state index is 0.0642. The van der Waals surface area contributed by atoms with Gasteiger partial charge in [-0.2, -0.15) is 0 Å². The van der Waals surface area contributed by atoms with Gasteiger partial charge in [-0.1, -0.05) is 23.9 Å². The maximum atomic E-state index is 12.8. The second-order valence-corrected chi connectivity index (χ2v) is 8.14. The van der Waals surface area contributed by atoms with Crippen LogP contribution in [0.5, 0.6) is 0 Å². The van der Waals surface area contributed by atoms with Gasteiger partial charge in [-0.05, 0) is 62.7 Å². The van der Waals surface area contributed by atoms with E-state index in [9.17, 15) is 14.4 Å². The third kappa shape index (κ3) is 5.73. The molecule has 2 aromatic rings. The lowest BCUT2D eigenvalue weighted by Gasteiger charge is -2.13. The molecule has 8 heteroatoms. The Morgan fingerprint density at radius 2 is 1.90 bits per heavy atom. The van der Waals surface area contributed by atoms with E-state index in [-0.39, 0.29) is 24.2 Å². The number of benzene rings is 2. The number of ether oxygens (including phenoxy) is 1. The number of carbonyl (C=O) groups is 3. The van der Waals surface area contributed by atoms with E-state index in [1.165, 1.54) is 11.8 Å². The standard InChI is InChI=1S/C23H25N3O4S/c1-4-26-21(28)19(14-20(27)24-18-8-6-7-15(3)13-18)31-23(26)25-17-11-9-16(10-12-17)22(29)30-5-2/h6-13,19H,4-5,14H2,1-3H3,(H,24,27)/t19-/m1/s1. The Labute approximate surface area is 185 Å². The molecule has 1 saturated heterocycles.